The molecule has 1 aromatic heterocycles. The molecule has 0 spiro atoms. The van der Waals surface area contributed by atoms with Crippen LogP contribution in [-0.4, -0.2) is 17.2 Å². The molecule has 1 heterocycles. The number of halogens is 1. The second-order valence-corrected chi connectivity index (χ2v) is 6.87. The Hall–Kier alpha value is -1.46. The lowest BCUT2D eigenvalue weighted by Crippen LogP contribution is -2.11. The predicted octanol–water partition coefficient (Wildman–Crippen LogP) is 3.86. The maximum absolute atomic E-state index is 13.6. The van der Waals surface area contributed by atoms with Crippen LogP contribution < -0.4 is 4.74 Å². The Labute approximate surface area is 128 Å². The van der Waals surface area contributed by atoms with Crippen molar-refractivity contribution in [1.29, 1.82) is 0 Å². The number of benzene rings is 1. The number of hydrogen-bond acceptors (Lipinski definition) is 4. The molecule has 21 heavy (non-hydrogen) atoms. The Bertz CT molecular complexity index is 619. The number of thiazole rings is 1. The molecule has 5 heteroatoms. The number of aliphatic hydroxyl groups excluding tert-OH is 1. The maximum Gasteiger partial charge on any atom is 0.165 e. The Morgan fingerprint density at radius 2 is 2.10 bits per heavy atom. The first-order valence-corrected chi connectivity index (χ1v) is 7.65. The fraction of sp³-hybridized carbons (Fsp3) is 0.438. The lowest BCUT2D eigenvalue weighted by molar-refractivity contribution is 0.174. The molecular formula is C16H20FNO2S. The van der Waals surface area contributed by atoms with E-state index in [1.54, 1.807) is 12.1 Å². The molecule has 0 aliphatic carbocycles. The zero-order chi connectivity index (χ0) is 15.6. The Morgan fingerprint density at radius 3 is 2.62 bits per heavy atom. The van der Waals surface area contributed by atoms with Crippen molar-refractivity contribution in [3.8, 4) is 5.75 Å². The minimum Gasteiger partial charge on any atom is -0.494 e. The van der Waals surface area contributed by atoms with Gasteiger partial charge in [0.05, 0.1) is 17.8 Å². The highest BCUT2D eigenvalue weighted by Gasteiger charge is 2.21. The van der Waals surface area contributed by atoms with E-state index in [2.05, 4.69) is 25.8 Å². The van der Waals surface area contributed by atoms with Gasteiger partial charge in [-0.3, -0.25) is 0 Å². The largest absolute Gasteiger partial charge is 0.494 e. The van der Waals surface area contributed by atoms with E-state index in [9.17, 15) is 9.50 Å². The van der Waals surface area contributed by atoms with Crippen LogP contribution in [0, 0.1) is 5.82 Å². The van der Waals surface area contributed by atoms with E-state index in [1.165, 1.54) is 24.5 Å². The maximum atomic E-state index is 13.6. The summed E-state index contributed by atoms with van der Waals surface area (Å²) >= 11 is 1.54. The van der Waals surface area contributed by atoms with Crippen molar-refractivity contribution in [2.75, 3.05) is 7.11 Å². The van der Waals surface area contributed by atoms with E-state index in [0.29, 0.717) is 17.7 Å². The molecule has 2 aromatic rings. The van der Waals surface area contributed by atoms with Crippen LogP contribution in [-0.2, 0) is 11.8 Å². The van der Waals surface area contributed by atoms with Gasteiger partial charge >= 0.3 is 0 Å². The summed E-state index contributed by atoms with van der Waals surface area (Å²) in [7, 11) is 1.43. The number of nitrogens with zero attached hydrogens (tertiary/aromatic N) is 1. The molecular weight excluding hydrogens is 289 g/mol. The third kappa shape index (κ3) is 3.80. The molecule has 0 radical (unpaired) electrons. The van der Waals surface area contributed by atoms with Crippen LogP contribution in [0.2, 0.25) is 0 Å². The molecule has 1 atom stereocenters. The summed E-state index contributed by atoms with van der Waals surface area (Å²) in [6.07, 6.45) is -0.404. The number of methoxy groups -OCH3 is 1. The Morgan fingerprint density at radius 1 is 1.38 bits per heavy atom. The van der Waals surface area contributed by atoms with Gasteiger partial charge in [0.15, 0.2) is 11.6 Å². The van der Waals surface area contributed by atoms with Gasteiger partial charge in [-0.25, -0.2) is 9.37 Å². The number of ether oxygens (including phenoxy) is 1. The summed E-state index contributed by atoms with van der Waals surface area (Å²) in [5, 5.41) is 13.1. The fourth-order valence-electron chi connectivity index (χ4n) is 1.95. The van der Waals surface area contributed by atoms with Crippen molar-refractivity contribution >= 4 is 11.3 Å². The van der Waals surface area contributed by atoms with E-state index < -0.39 is 11.9 Å². The van der Waals surface area contributed by atoms with Gasteiger partial charge in [-0.1, -0.05) is 26.8 Å². The average molecular weight is 309 g/mol. The van der Waals surface area contributed by atoms with E-state index in [-0.39, 0.29) is 11.2 Å². The third-order valence-electron chi connectivity index (χ3n) is 3.15. The van der Waals surface area contributed by atoms with Crippen LogP contribution >= 0.6 is 11.3 Å². The SMILES string of the molecule is COc1ccc(CC(O)c2csc(C(C)(C)C)n2)cc1F. The van der Waals surface area contributed by atoms with Crippen LogP contribution in [0.15, 0.2) is 23.6 Å². The highest BCUT2D eigenvalue weighted by atomic mass is 32.1. The standard InChI is InChI=1S/C16H20FNO2S/c1-16(2,3)15-18-12(9-21-15)13(19)8-10-5-6-14(20-4)11(17)7-10/h5-7,9,13,19H,8H2,1-4H3. The normalized spacial score (nSPS) is 13.2. The highest BCUT2D eigenvalue weighted by molar-refractivity contribution is 7.09. The minimum atomic E-state index is -0.731. The van der Waals surface area contributed by atoms with E-state index >= 15 is 0 Å². The van der Waals surface area contributed by atoms with Crippen molar-refractivity contribution < 1.29 is 14.2 Å². The van der Waals surface area contributed by atoms with Gasteiger partial charge in [-0.2, -0.15) is 0 Å². The summed E-state index contributed by atoms with van der Waals surface area (Å²) in [5.74, 6) is -0.215. The number of aliphatic hydroxyl groups is 1. The predicted molar refractivity (Wildman–Crippen MR) is 82.4 cm³/mol. The molecule has 0 saturated heterocycles. The number of aromatic nitrogens is 1. The summed E-state index contributed by atoms with van der Waals surface area (Å²) in [6, 6.07) is 4.71. The summed E-state index contributed by atoms with van der Waals surface area (Å²) in [5.41, 5.74) is 1.32. The molecule has 1 unspecified atom stereocenters. The summed E-state index contributed by atoms with van der Waals surface area (Å²) < 4.78 is 18.5. The first-order valence-electron chi connectivity index (χ1n) is 6.77. The molecule has 2 rings (SSSR count). The quantitative estimate of drug-likeness (QED) is 0.932. The van der Waals surface area contributed by atoms with Crippen molar-refractivity contribution in [3.05, 3.63) is 45.7 Å². The second-order valence-electron chi connectivity index (χ2n) is 6.02. The summed E-state index contributed by atoms with van der Waals surface area (Å²) in [6.45, 7) is 6.25. The molecule has 114 valence electrons. The van der Waals surface area contributed by atoms with Crippen LogP contribution in [0.25, 0.3) is 0 Å². The molecule has 1 aromatic carbocycles. The molecule has 1 N–H and O–H groups in total. The first-order chi connectivity index (χ1) is 9.81. The van der Waals surface area contributed by atoms with E-state index in [4.69, 9.17) is 4.74 Å². The topological polar surface area (TPSA) is 42.4 Å². The van der Waals surface area contributed by atoms with Gasteiger partial charge in [0, 0.05) is 17.2 Å². The molecule has 3 nitrogen and oxygen atoms in total. The minimum absolute atomic E-state index is 0.0329. The average Bonchev–Trinajstić information content (AvgIpc) is 2.88. The first kappa shape index (κ1) is 15.9. The van der Waals surface area contributed by atoms with E-state index in [0.717, 1.165) is 5.01 Å². The van der Waals surface area contributed by atoms with E-state index in [1.807, 2.05) is 5.38 Å². The van der Waals surface area contributed by atoms with Gasteiger partial charge in [0.25, 0.3) is 0 Å². The molecule has 0 saturated carbocycles. The van der Waals surface area contributed by atoms with Crippen LogP contribution in [0.3, 0.4) is 0 Å². The molecule has 0 amide bonds. The van der Waals surface area contributed by atoms with Crippen molar-refractivity contribution in [1.82, 2.24) is 4.98 Å². The van der Waals surface area contributed by atoms with Crippen LogP contribution in [0.4, 0.5) is 4.39 Å². The van der Waals surface area contributed by atoms with Crippen molar-refractivity contribution in [3.63, 3.8) is 0 Å². The lowest BCUT2D eigenvalue weighted by atomic mass is 9.98. The Balaban J connectivity index is 2.12. The third-order valence-corrected chi connectivity index (χ3v) is 4.44. The fourth-order valence-corrected chi connectivity index (χ4v) is 2.90. The van der Waals surface area contributed by atoms with Gasteiger partial charge in [0.2, 0.25) is 0 Å². The van der Waals surface area contributed by atoms with Gasteiger partial charge in [0.1, 0.15) is 6.10 Å². The number of hydrogen-bond donors (Lipinski definition) is 1. The second kappa shape index (κ2) is 6.12. The smallest absolute Gasteiger partial charge is 0.165 e. The molecule has 0 aliphatic rings. The number of rotatable bonds is 4. The molecule has 0 bridgehead atoms. The van der Waals surface area contributed by atoms with Gasteiger partial charge in [-0.05, 0) is 17.7 Å². The zero-order valence-corrected chi connectivity index (χ0v) is 13.5. The van der Waals surface area contributed by atoms with Crippen molar-refractivity contribution in [2.24, 2.45) is 0 Å². The zero-order valence-electron chi connectivity index (χ0n) is 12.7. The van der Waals surface area contributed by atoms with Gasteiger partial charge in [-0.15, -0.1) is 11.3 Å². The lowest BCUT2D eigenvalue weighted by Gasteiger charge is -2.14. The van der Waals surface area contributed by atoms with Crippen LogP contribution in [0.5, 0.6) is 5.75 Å². The summed E-state index contributed by atoms with van der Waals surface area (Å²) in [4.78, 5) is 4.48. The molecule has 0 aliphatic heterocycles. The van der Waals surface area contributed by atoms with Gasteiger partial charge < -0.3 is 9.84 Å². The molecule has 0 fully saturated rings. The van der Waals surface area contributed by atoms with Crippen LogP contribution in [0.1, 0.15) is 43.1 Å². The monoisotopic (exact) mass is 309 g/mol. The van der Waals surface area contributed by atoms with Crippen molar-refractivity contribution in [2.45, 2.75) is 38.7 Å². The highest BCUT2D eigenvalue weighted by Crippen LogP contribution is 2.29. The Kier molecular flexibility index (Phi) is 4.64.